The lowest BCUT2D eigenvalue weighted by Gasteiger charge is -2.32. The molecule has 0 saturated carbocycles. The summed E-state index contributed by atoms with van der Waals surface area (Å²) in [5.74, 6) is 0.659. The van der Waals surface area contributed by atoms with Gasteiger partial charge in [-0.2, -0.15) is 4.98 Å². The van der Waals surface area contributed by atoms with E-state index in [0.717, 1.165) is 42.5 Å². The highest BCUT2D eigenvalue weighted by molar-refractivity contribution is 6.39. The fraction of sp³-hybridized carbons (Fsp3) is 0.250. The number of benzene rings is 2. The zero-order valence-corrected chi connectivity index (χ0v) is 21.1. The standard InChI is InChI=1S/C28H26Cl2N4O2/c29-22-10-3-11-23(30)26(22)28(35)32-15-19-6-1-5-18(13-19)14-24(34-25-16-36-17-33-25)21-9-2-7-20-8-4-12-31-27(20)21/h1,3-6,8,10-13,16-17,21,24,34H,2,7,9,14-15H2,(H,32,35). The molecule has 2 aromatic heterocycles. The van der Waals surface area contributed by atoms with E-state index in [9.17, 15) is 4.79 Å². The third-order valence-electron chi connectivity index (χ3n) is 6.58. The molecule has 0 fully saturated rings. The maximum Gasteiger partial charge on any atom is 0.254 e. The molecule has 1 aliphatic rings. The fourth-order valence-electron chi connectivity index (χ4n) is 4.91. The number of aromatic nitrogens is 2. The Morgan fingerprint density at radius 3 is 2.67 bits per heavy atom. The fourth-order valence-corrected chi connectivity index (χ4v) is 5.48. The van der Waals surface area contributed by atoms with Gasteiger partial charge in [0.2, 0.25) is 0 Å². The van der Waals surface area contributed by atoms with Crippen LogP contribution in [0.3, 0.4) is 0 Å². The van der Waals surface area contributed by atoms with Gasteiger partial charge in [0, 0.05) is 30.4 Å². The van der Waals surface area contributed by atoms with Crippen molar-refractivity contribution in [2.24, 2.45) is 0 Å². The Morgan fingerprint density at radius 2 is 1.86 bits per heavy atom. The van der Waals surface area contributed by atoms with Crippen molar-refractivity contribution >= 4 is 34.9 Å². The highest BCUT2D eigenvalue weighted by Gasteiger charge is 2.30. The molecule has 2 unspecified atom stereocenters. The quantitative estimate of drug-likeness (QED) is 0.279. The molecule has 6 nitrogen and oxygen atoms in total. The first-order valence-electron chi connectivity index (χ1n) is 12.0. The summed E-state index contributed by atoms with van der Waals surface area (Å²) >= 11 is 12.4. The summed E-state index contributed by atoms with van der Waals surface area (Å²) in [4.78, 5) is 21.8. The van der Waals surface area contributed by atoms with Gasteiger partial charge in [-0.15, -0.1) is 0 Å². The van der Waals surface area contributed by atoms with Crippen LogP contribution in [0.4, 0.5) is 5.82 Å². The van der Waals surface area contributed by atoms with Crippen molar-refractivity contribution in [3.8, 4) is 0 Å². The number of oxazole rings is 1. The van der Waals surface area contributed by atoms with E-state index >= 15 is 0 Å². The molecule has 36 heavy (non-hydrogen) atoms. The van der Waals surface area contributed by atoms with Crippen LogP contribution in [-0.2, 0) is 19.4 Å². The molecular weight excluding hydrogens is 495 g/mol. The predicted molar refractivity (Wildman–Crippen MR) is 142 cm³/mol. The van der Waals surface area contributed by atoms with Crippen LogP contribution in [-0.4, -0.2) is 21.9 Å². The number of hydrogen-bond donors (Lipinski definition) is 2. The van der Waals surface area contributed by atoms with Gasteiger partial charge in [0.25, 0.3) is 5.91 Å². The minimum Gasteiger partial charge on any atom is -0.449 e. The van der Waals surface area contributed by atoms with E-state index in [1.807, 2.05) is 24.4 Å². The number of aryl methyl sites for hydroxylation is 1. The molecule has 2 atom stereocenters. The predicted octanol–water partition coefficient (Wildman–Crippen LogP) is 6.45. The Bertz CT molecular complexity index is 1320. The highest BCUT2D eigenvalue weighted by atomic mass is 35.5. The summed E-state index contributed by atoms with van der Waals surface area (Å²) in [6.07, 6.45) is 8.93. The zero-order valence-electron chi connectivity index (χ0n) is 19.6. The second kappa shape index (κ2) is 11.1. The number of amides is 1. The molecule has 2 aromatic carbocycles. The summed E-state index contributed by atoms with van der Waals surface area (Å²) in [5, 5.41) is 7.17. The summed E-state index contributed by atoms with van der Waals surface area (Å²) < 4.78 is 5.20. The molecule has 184 valence electrons. The minimum atomic E-state index is -0.300. The van der Waals surface area contributed by atoms with Crippen LogP contribution < -0.4 is 10.6 Å². The Kier molecular flexibility index (Phi) is 7.54. The molecule has 4 aromatic rings. The van der Waals surface area contributed by atoms with Gasteiger partial charge in [-0.3, -0.25) is 9.78 Å². The first-order valence-corrected chi connectivity index (χ1v) is 12.7. The first kappa shape index (κ1) is 24.3. The van der Waals surface area contributed by atoms with Gasteiger partial charge in [-0.25, -0.2) is 0 Å². The topological polar surface area (TPSA) is 80.0 Å². The van der Waals surface area contributed by atoms with Crippen LogP contribution in [0.25, 0.3) is 0 Å². The average molecular weight is 521 g/mol. The molecule has 2 heterocycles. The second-order valence-corrected chi connectivity index (χ2v) is 9.79. The number of fused-ring (bicyclic) bond motifs is 1. The van der Waals surface area contributed by atoms with Gasteiger partial charge in [0.05, 0.1) is 15.6 Å². The second-order valence-electron chi connectivity index (χ2n) is 8.97. The molecule has 0 radical (unpaired) electrons. The van der Waals surface area contributed by atoms with Crippen LogP contribution in [0, 0.1) is 0 Å². The van der Waals surface area contributed by atoms with E-state index in [-0.39, 0.29) is 23.4 Å². The number of carbonyl (C=O) groups excluding carboxylic acids is 1. The van der Waals surface area contributed by atoms with E-state index in [1.165, 1.54) is 12.0 Å². The number of pyridine rings is 1. The third kappa shape index (κ3) is 5.55. The minimum absolute atomic E-state index is 0.0795. The number of carbonyl (C=O) groups is 1. The molecule has 8 heteroatoms. The highest BCUT2D eigenvalue weighted by Crippen LogP contribution is 2.35. The molecule has 0 spiro atoms. The number of nitrogens with one attached hydrogen (secondary N) is 2. The largest absolute Gasteiger partial charge is 0.449 e. The Morgan fingerprint density at radius 1 is 1.06 bits per heavy atom. The SMILES string of the molecule is O=C(NCc1cccc(CC(Nc2cocn2)C2CCCc3cccnc32)c1)c1c(Cl)cccc1Cl. The smallest absolute Gasteiger partial charge is 0.254 e. The molecular formula is C28H26Cl2N4O2. The lowest BCUT2D eigenvalue weighted by atomic mass is 9.80. The molecule has 1 amide bonds. The van der Waals surface area contributed by atoms with Gasteiger partial charge in [-0.05, 0) is 60.6 Å². The molecule has 0 aliphatic heterocycles. The summed E-state index contributed by atoms with van der Waals surface area (Å²) in [6.45, 7) is 0.365. The van der Waals surface area contributed by atoms with E-state index in [0.29, 0.717) is 22.4 Å². The van der Waals surface area contributed by atoms with Crippen molar-refractivity contribution < 1.29 is 9.21 Å². The van der Waals surface area contributed by atoms with E-state index < -0.39 is 0 Å². The van der Waals surface area contributed by atoms with Gasteiger partial charge < -0.3 is 15.1 Å². The number of rotatable bonds is 8. The number of anilines is 1. The molecule has 2 N–H and O–H groups in total. The average Bonchev–Trinajstić information content (AvgIpc) is 3.40. The Balaban J connectivity index is 1.33. The number of hydrogen-bond acceptors (Lipinski definition) is 5. The van der Waals surface area contributed by atoms with E-state index in [1.54, 1.807) is 24.5 Å². The van der Waals surface area contributed by atoms with Gasteiger partial charge >= 0.3 is 0 Å². The van der Waals surface area contributed by atoms with Crippen LogP contribution in [0.15, 0.2) is 77.9 Å². The van der Waals surface area contributed by atoms with Crippen LogP contribution in [0.1, 0.15) is 51.5 Å². The van der Waals surface area contributed by atoms with E-state index in [4.69, 9.17) is 32.6 Å². The molecule has 1 aliphatic carbocycles. The van der Waals surface area contributed by atoms with Crippen molar-refractivity contribution in [3.05, 3.63) is 111 Å². The number of halogens is 2. The van der Waals surface area contributed by atoms with Crippen LogP contribution in [0.5, 0.6) is 0 Å². The van der Waals surface area contributed by atoms with Gasteiger partial charge in [-0.1, -0.05) is 59.6 Å². The van der Waals surface area contributed by atoms with Crippen molar-refractivity contribution in [2.75, 3.05) is 5.32 Å². The van der Waals surface area contributed by atoms with Gasteiger partial charge in [0.15, 0.2) is 12.2 Å². The normalized spacial score (nSPS) is 15.7. The summed E-state index contributed by atoms with van der Waals surface area (Å²) in [7, 11) is 0. The third-order valence-corrected chi connectivity index (χ3v) is 7.21. The maximum absolute atomic E-state index is 12.7. The van der Waals surface area contributed by atoms with Crippen LogP contribution >= 0.6 is 23.2 Å². The maximum atomic E-state index is 12.7. The Labute approximate surface area is 220 Å². The van der Waals surface area contributed by atoms with Crippen molar-refractivity contribution in [1.82, 2.24) is 15.3 Å². The lowest BCUT2D eigenvalue weighted by Crippen LogP contribution is -2.33. The van der Waals surface area contributed by atoms with Crippen molar-refractivity contribution in [1.29, 1.82) is 0 Å². The van der Waals surface area contributed by atoms with Crippen LogP contribution in [0.2, 0.25) is 10.0 Å². The number of nitrogens with zero attached hydrogens (tertiary/aromatic N) is 2. The van der Waals surface area contributed by atoms with Crippen molar-refractivity contribution in [2.45, 2.75) is 44.2 Å². The van der Waals surface area contributed by atoms with E-state index in [2.05, 4.69) is 33.8 Å². The summed E-state index contributed by atoms with van der Waals surface area (Å²) in [6, 6.07) is 17.5. The van der Waals surface area contributed by atoms with Gasteiger partial charge in [0.1, 0.15) is 6.26 Å². The van der Waals surface area contributed by atoms with Crippen molar-refractivity contribution in [3.63, 3.8) is 0 Å². The molecule has 5 rings (SSSR count). The molecule has 0 saturated heterocycles. The first-order chi connectivity index (χ1) is 17.6. The molecule has 0 bridgehead atoms. The Hall–Kier alpha value is -3.35. The lowest BCUT2D eigenvalue weighted by molar-refractivity contribution is 0.0951. The summed E-state index contributed by atoms with van der Waals surface area (Å²) in [5.41, 5.74) is 4.91. The zero-order chi connectivity index (χ0) is 24.9. The monoisotopic (exact) mass is 520 g/mol.